The van der Waals surface area contributed by atoms with Gasteiger partial charge in [-0.1, -0.05) is 147 Å². The highest BCUT2D eigenvalue weighted by Gasteiger charge is 2.38. The Morgan fingerprint density at radius 1 is 0.441 bits per heavy atom. The van der Waals surface area contributed by atoms with Crippen molar-refractivity contribution in [3.05, 3.63) is 193 Å². The zero-order valence-electron chi connectivity index (χ0n) is 32.6. The van der Waals surface area contributed by atoms with Crippen LogP contribution in [0, 0.1) is 0 Å². The molecule has 59 heavy (non-hydrogen) atoms. The molecule has 9 aromatic carbocycles. The van der Waals surface area contributed by atoms with Crippen molar-refractivity contribution in [2.75, 3.05) is 0 Å². The summed E-state index contributed by atoms with van der Waals surface area (Å²) < 4.78 is 4.95. The molecule has 1 aliphatic carbocycles. The Kier molecular flexibility index (Phi) is 6.48. The van der Waals surface area contributed by atoms with Gasteiger partial charge in [-0.25, -0.2) is 4.98 Å². The van der Waals surface area contributed by atoms with Crippen LogP contribution in [-0.4, -0.2) is 19.1 Å². The first-order chi connectivity index (χ1) is 29.1. The van der Waals surface area contributed by atoms with Gasteiger partial charge in [0.15, 0.2) is 0 Å². The molecule has 3 aromatic heterocycles. The largest absolute Gasteiger partial charge is 0.309 e. The van der Waals surface area contributed by atoms with Crippen molar-refractivity contribution >= 4 is 76.2 Å². The maximum absolute atomic E-state index is 5.35. The third-order valence-electron chi connectivity index (χ3n) is 13.1. The van der Waals surface area contributed by atoms with Crippen LogP contribution < -0.4 is 0 Å². The van der Waals surface area contributed by atoms with Crippen LogP contribution in [0.2, 0.25) is 0 Å². The van der Waals surface area contributed by atoms with Gasteiger partial charge in [0.25, 0.3) is 0 Å². The van der Waals surface area contributed by atoms with Gasteiger partial charge in [0.05, 0.1) is 50.7 Å². The smallest absolute Gasteiger partial charge is 0.0979 e. The molecule has 0 saturated carbocycles. The highest BCUT2D eigenvalue weighted by atomic mass is 15.0. The first kappa shape index (κ1) is 32.5. The van der Waals surface area contributed by atoms with E-state index in [4.69, 9.17) is 9.97 Å². The molecule has 3 heterocycles. The molecule has 0 bridgehead atoms. The Bertz CT molecular complexity index is 3730. The molecule has 0 N–H and O–H groups in total. The molecule has 0 spiro atoms. The van der Waals surface area contributed by atoms with Crippen molar-refractivity contribution in [2.24, 2.45) is 0 Å². The van der Waals surface area contributed by atoms with E-state index < -0.39 is 0 Å². The van der Waals surface area contributed by atoms with Gasteiger partial charge in [0, 0.05) is 49.0 Å². The van der Waals surface area contributed by atoms with Crippen molar-refractivity contribution < 1.29 is 0 Å². The van der Waals surface area contributed by atoms with E-state index in [9.17, 15) is 0 Å². The molecule has 12 aromatic rings. The van der Waals surface area contributed by atoms with Gasteiger partial charge in [-0.3, -0.25) is 4.98 Å². The fourth-order valence-corrected chi connectivity index (χ4v) is 10.6. The zero-order valence-corrected chi connectivity index (χ0v) is 32.6. The van der Waals surface area contributed by atoms with Gasteiger partial charge in [-0.15, -0.1) is 0 Å². The predicted octanol–water partition coefficient (Wildman–Crippen LogP) is 14.1. The minimum absolute atomic E-state index is 0.151. The highest BCUT2D eigenvalue weighted by Crippen LogP contribution is 2.52. The van der Waals surface area contributed by atoms with Crippen molar-refractivity contribution in [1.29, 1.82) is 0 Å². The summed E-state index contributed by atoms with van der Waals surface area (Å²) in [4.78, 5) is 10.4. The summed E-state index contributed by atoms with van der Waals surface area (Å²) in [6.07, 6.45) is 1.94. The summed E-state index contributed by atoms with van der Waals surface area (Å²) in [5.41, 5.74) is 16.1. The molecule has 4 heteroatoms. The summed E-state index contributed by atoms with van der Waals surface area (Å²) in [6, 6.07) is 64.1. The molecule has 0 saturated heterocycles. The standard InChI is InChI=1S/C55H36N4/c1-55(2)43-25-10-7-19-37(43)38-24-14-28-49(52(38)55)59-46-27-12-9-23-42(46)51-48(59)30-29-47-50(51)41-22-8-11-26-45(41)58(47)34-16-13-15-33(31-34)44-32-56-53-39-20-5-3-17-35(39)36-18-4-6-21-40(36)54(53)57-44/h3-32H,1-2H3. The summed E-state index contributed by atoms with van der Waals surface area (Å²) in [6.45, 7) is 4.76. The maximum atomic E-state index is 5.35. The van der Waals surface area contributed by atoms with E-state index in [0.29, 0.717) is 0 Å². The van der Waals surface area contributed by atoms with E-state index in [-0.39, 0.29) is 5.41 Å². The van der Waals surface area contributed by atoms with Gasteiger partial charge >= 0.3 is 0 Å². The van der Waals surface area contributed by atoms with Crippen molar-refractivity contribution in [2.45, 2.75) is 19.3 Å². The predicted molar refractivity (Wildman–Crippen MR) is 246 cm³/mol. The van der Waals surface area contributed by atoms with E-state index in [0.717, 1.165) is 38.8 Å². The Labute approximate surface area is 340 Å². The third kappa shape index (κ3) is 4.32. The maximum Gasteiger partial charge on any atom is 0.0979 e. The molecule has 0 unspecified atom stereocenters. The number of hydrogen-bond donors (Lipinski definition) is 0. The molecule has 4 nitrogen and oxygen atoms in total. The van der Waals surface area contributed by atoms with Crippen LogP contribution in [0.15, 0.2) is 182 Å². The first-order valence-electron chi connectivity index (χ1n) is 20.4. The van der Waals surface area contributed by atoms with Gasteiger partial charge in [0.1, 0.15) is 0 Å². The quantitative estimate of drug-likeness (QED) is 0.169. The van der Waals surface area contributed by atoms with Crippen LogP contribution >= 0.6 is 0 Å². The summed E-state index contributed by atoms with van der Waals surface area (Å²) >= 11 is 0. The van der Waals surface area contributed by atoms with Crippen LogP contribution in [0.25, 0.3) is 110 Å². The van der Waals surface area contributed by atoms with Crippen LogP contribution in [0.1, 0.15) is 25.0 Å². The fraction of sp³-hybridized carbons (Fsp3) is 0.0545. The van der Waals surface area contributed by atoms with Crippen LogP contribution in [0.4, 0.5) is 0 Å². The second kappa shape index (κ2) is 11.7. The van der Waals surface area contributed by atoms with E-state index in [1.165, 1.54) is 82.3 Å². The third-order valence-corrected chi connectivity index (χ3v) is 13.1. The lowest BCUT2D eigenvalue weighted by atomic mass is 9.81. The SMILES string of the molecule is CC1(C)c2ccccc2-c2cccc(-n3c4ccccc4c4c5c6ccccc6n(-c6cccc(-c7cnc8c9ccccc9c9ccccc9c8n7)c6)c5ccc43)c21. The highest BCUT2D eigenvalue weighted by molar-refractivity contribution is 6.29. The first-order valence-corrected chi connectivity index (χ1v) is 20.4. The molecule has 1 aliphatic rings. The van der Waals surface area contributed by atoms with Crippen molar-refractivity contribution in [1.82, 2.24) is 19.1 Å². The van der Waals surface area contributed by atoms with Gasteiger partial charge in [-0.05, 0) is 75.5 Å². The summed E-state index contributed by atoms with van der Waals surface area (Å²) in [7, 11) is 0. The summed E-state index contributed by atoms with van der Waals surface area (Å²) in [5, 5.41) is 9.65. The molecular formula is C55H36N4. The Morgan fingerprint density at radius 3 is 1.73 bits per heavy atom. The molecule has 0 amide bonds. The van der Waals surface area contributed by atoms with Crippen LogP contribution in [0.3, 0.4) is 0 Å². The number of aromatic nitrogens is 4. The van der Waals surface area contributed by atoms with Crippen LogP contribution in [-0.2, 0) is 5.41 Å². The Balaban J connectivity index is 1.05. The second-order valence-electron chi connectivity index (χ2n) is 16.5. The number of fused-ring (bicyclic) bond motifs is 16. The normalized spacial score (nSPS) is 13.4. The second-order valence-corrected chi connectivity index (χ2v) is 16.5. The molecule has 276 valence electrons. The Morgan fingerprint density at radius 2 is 1.00 bits per heavy atom. The number of rotatable bonds is 3. The molecule has 0 fully saturated rings. The average Bonchev–Trinajstić information content (AvgIpc) is 3.89. The van der Waals surface area contributed by atoms with Gasteiger partial charge in [0.2, 0.25) is 0 Å². The number of hydrogen-bond acceptors (Lipinski definition) is 2. The van der Waals surface area contributed by atoms with E-state index in [1.54, 1.807) is 0 Å². The minimum Gasteiger partial charge on any atom is -0.309 e. The molecule has 0 aliphatic heterocycles. The summed E-state index contributed by atoms with van der Waals surface area (Å²) in [5.74, 6) is 0. The monoisotopic (exact) mass is 752 g/mol. The van der Waals surface area contributed by atoms with Crippen molar-refractivity contribution in [3.8, 4) is 33.8 Å². The lowest BCUT2D eigenvalue weighted by Crippen LogP contribution is -2.17. The van der Waals surface area contributed by atoms with Gasteiger partial charge in [-0.2, -0.15) is 0 Å². The molecule has 13 rings (SSSR count). The van der Waals surface area contributed by atoms with Gasteiger partial charge < -0.3 is 9.13 Å². The fourth-order valence-electron chi connectivity index (χ4n) is 10.6. The zero-order chi connectivity index (χ0) is 39.0. The number of nitrogens with zero attached hydrogens (tertiary/aromatic N) is 4. The Hall–Kier alpha value is -7.56. The van der Waals surface area contributed by atoms with E-state index in [2.05, 4.69) is 199 Å². The molecule has 0 atom stereocenters. The van der Waals surface area contributed by atoms with E-state index in [1.807, 2.05) is 6.20 Å². The van der Waals surface area contributed by atoms with Crippen molar-refractivity contribution in [3.63, 3.8) is 0 Å². The van der Waals surface area contributed by atoms with E-state index >= 15 is 0 Å². The molecular weight excluding hydrogens is 717 g/mol. The topological polar surface area (TPSA) is 35.6 Å². The number of benzene rings is 9. The lowest BCUT2D eigenvalue weighted by Gasteiger charge is -2.25. The van der Waals surface area contributed by atoms with Crippen LogP contribution in [0.5, 0.6) is 0 Å². The molecule has 0 radical (unpaired) electrons. The number of para-hydroxylation sites is 2. The average molecular weight is 753 g/mol. The minimum atomic E-state index is -0.151. The lowest BCUT2D eigenvalue weighted by molar-refractivity contribution is 0.656.